The third kappa shape index (κ3) is 5.20. The van der Waals surface area contributed by atoms with E-state index in [9.17, 15) is 14.7 Å². The average molecular weight is 544 g/mol. The number of Topliss-reactive ketones (excluding diaryl/α,β-unsaturated/α-hetero) is 1. The van der Waals surface area contributed by atoms with Crippen LogP contribution in [0.3, 0.4) is 0 Å². The van der Waals surface area contributed by atoms with Gasteiger partial charge >= 0.3 is 5.91 Å². The number of ether oxygens (including phenoxy) is 1. The van der Waals surface area contributed by atoms with Gasteiger partial charge in [-0.2, -0.15) is 0 Å². The van der Waals surface area contributed by atoms with Gasteiger partial charge < -0.3 is 9.84 Å². The number of amides is 1. The van der Waals surface area contributed by atoms with Crippen LogP contribution in [0, 0.1) is 6.92 Å². The Morgan fingerprint density at radius 2 is 1.71 bits per heavy atom. The van der Waals surface area contributed by atoms with Gasteiger partial charge in [-0.1, -0.05) is 83.3 Å². The van der Waals surface area contributed by atoms with Crippen molar-refractivity contribution >= 4 is 45.7 Å². The van der Waals surface area contributed by atoms with Crippen molar-refractivity contribution in [2.45, 2.75) is 30.0 Å². The molecule has 38 heavy (non-hydrogen) atoms. The Bertz CT molecular complexity index is 1480. The number of carbonyl (C=O) groups excluding carboxylic acids is 2. The minimum Gasteiger partial charge on any atom is -0.507 e. The van der Waals surface area contributed by atoms with Crippen LogP contribution in [0.25, 0.3) is 5.76 Å². The highest BCUT2D eigenvalue weighted by Gasteiger charge is 2.48. The van der Waals surface area contributed by atoms with Crippen LogP contribution < -0.4 is 9.64 Å². The number of benzene rings is 3. The third-order valence-corrected chi connectivity index (χ3v) is 8.21. The quantitative estimate of drug-likeness (QED) is 0.0935. The molecule has 4 aromatic rings. The summed E-state index contributed by atoms with van der Waals surface area (Å²) in [6.45, 7) is 4.36. The van der Waals surface area contributed by atoms with E-state index in [2.05, 4.69) is 10.2 Å². The summed E-state index contributed by atoms with van der Waals surface area (Å²) in [5, 5.41) is 20.1. The van der Waals surface area contributed by atoms with Crippen LogP contribution in [-0.2, 0) is 15.3 Å². The highest BCUT2D eigenvalue weighted by atomic mass is 32.2. The predicted molar refractivity (Wildman–Crippen MR) is 149 cm³/mol. The van der Waals surface area contributed by atoms with E-state index in [1.54, 1.807) is 24.3 Å². The lowest BCUT2D eigenvalue weighted by atomic mass is 9.95. The summed E-state index contributed by atoms with van der Waals surface area (Å²) in [4.78, 5) is 28.1. The molecule has 5 rings (SSSR count). The Balaban J connectivity index is 1.53. The van der Waals surface area contributed by atoms with Crippen molar-refractivity contribution < 1.29 is 19.4 Å². The molecule has 1 aliphatic rings. The second-order valence-electron chi connectivity index (χ2n) is 8.66. The van der Waals surface area contributed by atoms with Gasteiger partial charge in [0.2, 0.25) is 5.13 Å². The van der Waals surface area contributed by atoms with Gasteiger partial charge in [0.15, 0.2) is 4.34 Å². The molecule has 1 aromatic heterocycles. The number of rotatable bonds is 8. The minimum absolute atomic E-state index is 0.0108. The lowest BCUT2D eigenvalue weighted by molar-refractivity contribution is -0.132. The second-order valence-corrected chi connectivity index (χ2v) is 10.8. The van der Waals surface area contributed by atoms with Crippen LogP contribution in [0.5, 0.6) is 5.75 Å². The number of aliphatic hydroxyl groups is 1. The van der Waals surface area contributed by atoms with E-state index in [-0.39, 0.29) is 11.3 Å². The highest BCUT2D eigenvalue weighted by Crippen LogP contribution is 2.44. The molecule has 1 unspecified atom stereocenters. The topological polar surface area (TPSA) is 92.6 Å². The first kappa shape index (κ1) is 25.7. The SMILES string of the molecule is CCOc1ccc(/C(O)=C2/C(=O)C(=O)N(c3nnc(SCc4ccccc4)s3)C2c2ccc(C)cc2)cc1. The van der Waals surface area contributed by atoms with Crippen LogP contribution in [0.2, 0.25) is 0 Å². The molecule has 0 spiro atoms. The smallest absolute Gasteiger partial charge is 0.301 e. The standard InChI is InChI=1S/C29H25N3O4S2/c1-3-36-22-15-13-21(14-16-22)25(33)23-24(20-11-9-18(2)10-12-20)32(27(35)26(23)34)28-30-31-29(38-28)37-17-19-7-5-4-6-8-19/h4-16,24,33H,3,17H2,1-2H3/b25-23-. The van der Waals surface area contributed by atoms with Crippen LogP contribution >= 0.6 is 23.1 Å². The predicted octanol–water partition coefficient (Wildman–Crippen LogP) is 6.16. The van der Waals surface area contributed by atoms with Crippen molar-refractivity contribution in [1.82, 2.24) is 10.2 Å². The number of hydrogen-bond donors (Lipinski definition) is 1. The summed E-state index contributed by atoms with van der Waals surface area (Å²) in [6.07, 6.45) is 0. The second kappa shape index (κ2) is 11.2. The molecule has 2 heterocycles. The molecule has 1 saturated heterocycles. The van der Waals surface area contributed by atoms with Gasteiger partial charge in [-0.25, -0.2) is 0 Å². The van der Waals surface area contributed by atoms with Crippen molar-refractivity contribution in [2.24, 2.45) is 0 Å². The first-order chi connectivity index (χ1) is 18.5. The van der Waals surface area contributed by atoms with Gasteiger partial charge in [-0.05, 0) is 49.2 Å². The van der Waals surface area contributed by atoms with Crippen molar-refractivity contribution in [3.8, 4) is 5.75 Å². The van der Waals surface area contributed by atoms with E-state index in [0.29, 0.717) is 38.7 Å². The summed E-state index contributed by atoms with van der Waals surface area (Å²) in [6, 6.07) is 23.5. The minimum atomic E-state index is -0.845. The molecule has 7 nitrogen and oxygen atoms in total. The normalized spacial score (nSPS) is 16.7. The summed E-state index contributed by atoms with van der Waals surface area (Å²) in [7, 11) is 0. The fraction of sp³-hybridized carbons (Fsp3) is 0.172. The molecule has 1 atom stereocenters. The molecule has 3 aromatic carbocycles. The van der Waals surface area contributed by atoms with Gasteiger partial charge in [0.25, 0.3) is 5.78 Å². The van der Waals surface area contributed by atoms with Gasteiger partial charge in [-0.15, -0.1) is 10.2 Å². The number of ketones is 1. The van der Waals surface area contributed by atoms with E-state index in [0.717, 1.165) is 11.1 Å². The van der Waals surface area contributed by atoms with Gasteiger partial charge in [0, 0.05) is 11.3 Å². The summed E-state index contributed by atoms with van der Waals surface area (Å²) < 4.78 is 6.17. The van der Waals surface area contributed by atoms with Crippen molar-refractivity contribution in [3.63, 3.8) is 0 Å². The molecule has 1 N–H and O–H groups in total. The Morgan fingerprint density at radius 3 is 2.39 bits per heavy atom. The van der Waals surface area contributed by atoms with Gasteiger partial charge in [0.1, 0.15) is 11.5 Å². The monoisotopic (exact) mass is 543 g/mol. The van der Waals surface area contributed by atoms with E-state index in [4.69, 9.17) is 4.74 Å². The largest absolute Gasteiger partial charge is 0.507 e. The number of hydrogen-bond acceptors (Lipinski definition) is 8. The summed E-state index contributed by atoms with van der Waals surface area (Å²) in [5.41, 5.74) is 3.30. The molecule has 0 saturated carbocycles. The van der Waals surface area contributed by atoms with Crippen LogP contribution in [0.1, 0.15) is 35.2 Å². The maximum Gasteiger partial charge on any atom is 0.301 e. The van der Waals surface area contributed by atoms with E-state index in [1.807, 2.05) is 68.4 Å². The molecule has 0 aliphatic carbocycles. The van der Waals surface area contributed by atoms with Crippen molar-refractivity contribution in [2.75, 3.05) is 11.5 Å². The summed E-state index contributed by atoms with van der Waals surface area (Å²) in [5.74, 6) is -0.418. The number of aromatic nitrogens is 2. The molecule has 1 aliphatic heterocycles. The highest BCUT2D eigenvalue weighted by molar-refractivity contribution is 8.00. The zero-order valence-corrected chi connectivity index (χ0v) is 22.5. The lowest BCUT2D eigenvalue weighted by Gasteiger charge is -2.22. The van der Waals surface area contributed by atoms with Gasteiger partial charge in [0.05, 0.1) is 18.2 Å². The Hall–Kier alpha value is -3.95. The molecule has 0 bridgehead atoms. The fourth-order valence-electron chi connectivity index (χ4n) is 4.20. The molecular weight excluding hydrogens is 518 g/mol. The first-order valence-electron chi connectivity index (χ1n) is 12.1. The maximum atomic E-state index is 13.4. The van der Waals surface area contributed by atoms with Gasteiger partial charge in [-0.3, -0.25) is 14.5 Å². The van der Waals surface area contributed by atoms with E-state index >= 15 is 0 Å². The number of nitrogens with zero attached hydrogens (tertiary/aromatic N) is 3. The molecule has 192 valence electrons. The van der Waals surface area contributed by atoms with Crippen molar-refractivity contribution in [3.05, 3.63) is 107 Å². The lowest BCUT2D eigenvalue weighted by Crippen LogP contribution is -2.29. The van der Waals surface area contributed by atoms with Crippen LogP contribution in [-0.4, -0.2) is 33.6 Å². The van der Waals surface area contributed by atoms with Crippen LogP contribution in [0.15, 0.2) is 88.8 Å². The molecular formula is C29H25N3O4S2. The summed E-state index contributed by atoms with van der Waals surface area (Å²) >= 11 is 2.76. The van der Waals surface area contributed by atoms with E-state index < -0.39 is 17.7 Å². The number of anilines is 1. The Morgan fingerprint density at radius 1 is 1.00 bits per heavy atom. The molecule has 9 heteroatoms. The fourth-order valence-corrected chi connectivity index (χ4v) is 6.03. The number of carbonyl (C=O) groups is 2. The maximum absolute atomic E-state index is 13.4. The zero-order chi connectivity index (χ0) is 26.6. The third-order valence-electron chi connectivity index (χ3n) is 6.08. The number of thioether (sulfide) groups is 1. The molecule has 1 fully saturated rings. The Kier molecular flexibility index (Phi) is 7.57. The van der Waals surface area contributed by atoms with Crippen LogP contribution in [0.4, 0.5) is 5.13 Å². The van der Waals surface area contributed by atoms with E-state index in [1.165, 1.54) is 28.0 Å². The average Bonchev–Trinajstić information content (AvgIpc) is 3.51. The number of aryl methyl sites for hydroxylation is 1. The Labute approximate surface area is 228 Å². The molecule has 1 amide bonds. The van der Waals surface area contributed by atoms with Crippen molar-refractivity contribution in [1.29, 1.82) is 0 Å². The number of aliphatic hydroxyl groups excluding tert-OH is 1. The zero-order valence-electron chi connectivity index (χ0n) is 20.8. The molecule has 0 radical (unpaired) electrons. The first-order valence-corrected chi connectivity index (χ1v) is 13.9.